The van der Waals surface area contributed by atoms with E-state index >= 15 is 0 Å². The number of nitrogens with one attached hydrogen (secondary N) is 1. The molecule has 0 bridgehead atoms. The average Bonchev–Trinajstić information content (AvgIpc) is 2.32. The minimum Gasteiger partial charge on any atom is -0.399 e. The van der Waals surface area contributed by atoms with Crippen LogP contribution in [0.25, 0.3) is 0 Å². The van der Waals surface area contributed by atoms with Gasteiger partial charge in [0.1, 0.15) is 0 Å². The maximum atomic E-state index is 11.8. The van der Waals surface area contributed by atoms with Gasteiger partial charge in [-0.2, -0.15) is 0 Å². The summed E-state index contributed by atoms with van der Waals surface area (Å²) in [4.78, 5) is 11.8. The number of nitrogens with two attached hydrogens (primary N) is 1. The Hall–Kier alpha value is -2.29. The highest BCUT2D eigenvalue weighted by Gasteiger charge is 2.04. The third-order valence-electron chi connectivity index (χ3n) is 2.65. The van der Waals surface area contributed by atoms with Gasteiger partial charge in [-0.25, -0.2) is 0 Å². The van der Waals surface area contributed by atoms with Crippen molar-refractivity contribution in [2.24, 2.45) is 0 Å². The Balaban J connectivity index is 1.98. The standard InChI is InChI=1S/C15H16N2O/c1-11-5-7-14(8-6-11)17-15(18)10-12-3-2-4-13(16)9-12/h2-9H,10,16H2,1H3,(H,17,18). The molecule has 2 rings (SSSR count). The van der Waals surface area contributed by atoms with E-state index < -0.39 is 0 Å². The first-order valence-corrected chi connectivity index (χ1v) is 5.84. The van der Waals surface area contributed by atoms with Crippen LogP contribution in [-0.4, -0.2) is 5.91 Å². The number of rotatable bonds is 3. The van der Waals surface area contributed by atoms with Gasteiger partial charge in [-0.1, -0.05) is 29.8 Å². The van der Waals surface area contributed by atoms with E-state index in [1.807, 2.05) is 49.4 Å². The second-order valence-electron chi connectivity index (χ2n) is 4.34. The molecule has 0 aliphatic carbocycles. The van der Waals surface area contributed by atoms with Crippen molar-refractivity contribution in [2.75, 3.05) is 11.1 Å². The highest BCUT2D eigenvalue weighted by atomic mass is 16.1. The fraction of sp³-hybridized carbons (Fsp3) is 0.133. The zero-order chi connectivity index (χ0) is 13.0. The van der Waals surface area contributed by atoms with Gasteiger partial charge in [0, 0.05) is 11.4 Å². The summed E-state index contributed by atoms with van der Waals surface area (Å²) in [5, 5.41) is 2.86. The lowest BCUT2D eigenvalue weighted by Gasteiger charge is -2.06. The minimum atomic E-state index is -0.0375. The summed E-state index contributed by atoms with van der Waals surface area (Å²) in [5.74, 6) is -0.0375. The van der Waals surface area contributed by atoms with Gasteiger partial charge in [0.2, 0.25) is 5.91 Å². The van der Waals surface area contributed by atoms with E-state index in [9.17, 15) is 4.79 Å². The Morgan fingerprint density at radius 3 is 2.56 bits per heavy atom. The van der Waals surface area contributed by atoms with Crippen LogP contribution in [0.3, 0.4) is 0 Å². The lowest BCUT2D eigenvalue weighted by molar-refractivity contribution is -0.115. The van der Waals surface area contributed by atoms with Crippen LogP contribution in [0.2, 0.25) is 0 Å². The van der Waals surface area contributed by atoms with Gasteiger partial charge in [0.05, 0.1) is 6.42 Å². The molecule has 0 saturated carbocycles. The van der Waals surface area contributed by atoms with E-state index in [1.165, 1.54) is 5.56 Å². The lowest BCUT2D eigenvalue weighted by atomic mass is 10.1. The number of hydrogen-bond acceptors (Lipinski definition) is 2. The number of nitrogen functional groups attached to an aromatic ring is 1. The molecule has 0 unspecified atom stereocenters. The maximum Gasteiger partial charge on any atom is 0.228 e. The molecule has 0 fully saturated rings. The van der Waals surface area contributed by atoms with Crippen molar-refractivity contribution in [1.82, 2.24) is 0 Å². The molecule has 0 spiro atoms. The third kappa shape index (κ3) is 3.35. The molecule has 2 aromatic rings. The van der Waals surface area contributed by atoms with Crippen LogP contribution in [0, 0.1) is 6.92 Å². The Labute approximate surface area is 107 Å². The fourth-order valence-electron chi connectivity index (χ4n) is 1.73. The minimum absolute atomic E-state index is 0.0375. The van der Waals surface area contributed by atoms with Gasteiger partial charge in [0.25, 0.3) is 0 Å². The Morgan fingerprint density at radius 1 is 1.17 bits per heavy atom. The van der Waals surface area contributed by atoms with Crippen molar-refractivity contribution >= 4 is 17.3 Å². The van der Waals surface area contributed by atoms with E-state index in [2.05, 4.69) is 5.32 Å². The van der Waals surface area contributed by atoms with Crippen LogP contribution in [0.4, 0.5) is 11.4 Å². The number of amides is 1. The number of anilines is 2. The van der Waals surface area contributed by atoms with Crippen LogP contribution in [0.15, 0.2) is 48.5 Å². The van der Waals surface area contributed by atoms with Crippen LogP contribution in [0.5, 0.6) is 0 Å². The smallest absolute Gasteiger partial charge is 0.228 e. The molecule has 0 aliphatic rings. The molecular formula is C15H16N2O. The molecular weight excluding hydrogens is 224 g/mol. The molecule has 0 heterocycles. The normalized spacial score (nSPS) is 10.1. The van der Waals surface area contributed by atoms with Gasteiger partial charge in [-0.15, -0.1) is 0 Å². The first-order valence-electron chi connectivity index (χ1n) is 5.84. The highest BCUT2D eigenvalue weighted by Crippen LogP contribution is 2.11. The summed E-state index contributed by atoms with van der Waals surface area (Å²) in [6, 6.07) is 15.1. The highest BCUT2D eigenvalue weighted by molar-refractivity contribution is 5.92. The van der Waals surface area contributed by atoms with E-state index in [4.69, 9.17) is 5.73 Å². The number of aryl methyl sites for hydroxylation is 1. The van der Waals surface area contributed by atoms with Crippen molar-refractivity contribution in [3.05, 3.63) is 59.7 Å². The van der Waals surface area contributed by atoms with Crippen molar-refractivity contribution in [1.29, 1.82) is 0 Å². The molecule has 3 heteroatoms. The average molecular weight is 240 g/mol. The predicted octanol–water partition coefficient (Wildman–Crippen LogP) is 2.76. The molecule has 0 radical (unpaired) electrons. The van der Waals surface area contributed by atoms with E-state index in [0.717, 1.165) is 11.3 Å². The molecule has 0 aliphatic heterocycles. The molecule has 0 aromatic heterocycles. The van der Waals surface area contributed by atoms with Gasteiger partial charge in [-0.3, -0.25) is 4.79 Å². The topological polar surface area (TPSA) is 55.1 Å². The van der Waals surface area contributed by atoms with Crippen molar-refractivity contribution < 1.29 is 4.79 Å². The molecule has 92 valence electrons. The first kappa shape index (κ1) is 12.2. The summed E-state index contributed by atoms with van der Waals surface area (Å²) in [6.45, 7) is 2.01. The molecule has 18 heavy (non-hydrogen) atoms. The zero-order valence-corrected chi connectivity index (χ0v) is 10.3. The number of hydrogen-bond donors (Lipinski definition) is 2. The zero-order valence-electron chi connectivity index (χ0n) is 10.3. The SMILES string of the molecule is Cc1ccc(NC(=O)Cc2cccc(N)c2)cc1. The molecule has 3 N–H and O–H groups in total. The predicted molar refractivity (Wildman–Crippen MR) is 74.4 cm³/mol. The quantitative estimate of drug-likeness (QED) is 0.810. The molecule has 0 atom stereocenters. The van der Waals surface area contributed by atoms with Crippen LogP contribution < -0.4 is 11.1 Å². The van der Waals surface area contributed by atoms with Crippen LogP contribution in [0.1, 0.15) is 11.1 Å². The van der Waals surface area contributed by atoms with Crippen molar-refractivity contribution in [3.8, 4) is 0 Å². The van der Waals surface area contributed by atoms with Crippen molar-refractivity contribution in [3.63, 3.8) is 0 Å². The second kappa shape index (κ2) is 5.36. The molecule has 3 nitrogen and oxygen atoms in total. The summed E-state index contributed by atoms with van der Waals surface area (Å²) in [7, 11) is 0. The first-order chi connectivity index (χ1) is 8.63. The molecule has 1 amide bonds. The summed E-state index contributed by atoms with van der Waals surface area (Å²) in [6.07, 6.45) is 0.332. The van der Waals surface area contributed by atoms with Crippen molar-refractivity contribution in [2.45, 2.75) is 13.3 Å². The van der Waals surface area contributed by atoms with Gasteiger partial charge in [0.15, 0.2) is 0 Å². The molecule has 0 saturated heterocycles. The fourth-order valence-corrected chi connectivity index (χ4v) is 1.73. The van der Waals surface area contributed by atoms with Gasteiger partial charge >= 0.3 is 0 Å². The number of benzene rings is 2. The van der Waals surface area contributed by atoms with Crippen LogP contribution >= 0.6 is 0 Å². The van der Waals surface area contributed by atoms with Gasteiger partial charge < -0.3 is 11.1 Å². The van der Waals surface area contributed by atoms with Crippen LogP contribution in [-0.2, 0) is 11.2 Å². The Morgan fingerprint density at radius 2 is 1.89 bits per heavy atom. The van der Waals surface area contributed by atoms with Gasteiger partial charge in [-0.05, 0) is 36.8 Å². The molecule has 2 aromatic carbocycles. The number of carbonyl (C=O) groups excluding carboxylic acids is 1. The Bertz CT molecular complexity index is 547. The maximum absolute atomic E-state index is 11.8. The monoisotopic (exact) mass is 240 g/mol. The van der Waals surface area contributed by atoms with E-state index in [-0.39, 0.29) is 5.91 Å². The number of carbonyl (C=O) groups is 1. The lowest BCUT2D eigenvalue weighted by Crippen LogP contribution is -2.14. The summed E-state index contributed by atoms with van der Waals surface area (Å²) in [5.41, 5.74) is 9.25. The third-order valence-corrected chi connectivity index (χ3v) is 2.65. The van der Waals surface area contributed by atoms with E-state index in [0.29, 0.717) is 12.1 Å². The summed E-state index contributed by atoms with van der Waals surface area (Å²) >= 11 is 0. The van der Waals surface area contributed by atoms with E-state index in [1.54, 1.807) is 6.07 Å². The Kier molecular flexibility index (Phi) is 3.63. The summed E-state index contributed by atoms with van der Waals surface area (Å²) < 4.78 is 0. The largest absolute Gasteiger partial charge is 0.399 e. The second-order valence-corrected chi connectivity index (χ2v) is 4.34.